The zero-order chi connectivity index (χ0) is 15.4. The molecule has 0 atom stereocenters. The highest BCUT2D eigenvalue weighted by Crippen LogP contribution is 2.20. The highest BCUT2D eigenvalue weighted by atomic mass is 79.9. The predicted octanol–water partition coefficient (Wildman–Crippen LogP) is 4.57. The van der Waals surface area contributed by atoms with Gasteiger partial charge >= 0.3 is 0 Å². The van der Waals surface area contributed by atoms with E-state index in [4.69, 9.17) is 0 Å². The average molecular weight is 353 g/mol. The van der Waals surface area contributed by atoms with Crippen LogP contribution in [0.3, 0.4) is 0 Å². The van der Waals surface area contributed by atoms with Crippen LogP contribution in [0.5, 0.6) is 0 Å². The number of halogens is 2. The maximum Gasteiger partial charge on any atom is 0.170 e. The minimum absolute atomic E-state index is 0.0725. The van der Waals surface area contributed by atoms with Crippen LogP contribution in [0, 0.1) is 5.82 Å². The molecule has 0 amide bonds. The first-order valence-electron chi connectivity index (χ1n) is 7.07. The van der Waals surface area contributed by atoms with Gasteiger partial charge < -0.3 is 0 Å². The Morgan fingerprint density at radius 3 is 2.67 bits per heavy atom. The van der Waals surface area contributed by atoms with Crippen molar-refractivity contribution < 1.29 is 9.18 Å². The second-order valence-corrected chi connectivity index (χ2v) is 5.84. The van der Waals surface area contributed by atoms with E-state index in [1.54, 1.807) is 0 Å². The highest BCUT2D eigenvalue weighted by molar-refractivity contribution is 9.10. The van der Waals surface area contributed by atoms with E-state index in [0.29, 0.717) is 16.1 Å². The Hall–Kier alpha value is -1.49. The summed E-state index contributed by atoms with van der Waals surface area (Å²) in [5.74, 6) is -0.437. The molecule has 3 nitrogen and oxygen atoms in total. The second kappa shape index (κ2) is 6.98. The van der Waals surface area contributed by atoms with Gasteiger partial charge in [-0.1, -0.05) is 13.8 Å². The number of aromatic nitrogens is 2. The fourth-order valence-electron chi connectivity index (χ4n) is 2.31. The van der Waals surface area contributed by atoms with Crippen LogP contribution in [0.25, 0.3) is 0 Å². The van der Waals surface area contributed by atoms with Crippen molar-refractivity contribution in [2.24, 2.45) is 0 Å². The molecular weight excluding hydrogens is 335 g/mol. The number of hydrogen-bond donors (Lipinski definition) is 0. The van der Waals surface area contributed by atoms with Gasteiger partial charge in [0.1, 0.15) is 5.82 Å². The van der Waals surface area contributed by atoms with Crippen LogP contribution in [-0.4, -0.2) is 15.6 Å². The normalized spacial score (nSPS) is 11.1. The molecule has 21 heavy (non-hydrogen) atoms. The molecule has 0 saturated heterocycles. The van der Waals surface area contributed by atoms with Crippen LogP contribution in [0.1, 0.15) is 48.8 Å². The lowest BCUT2D eigenvalue weighted by Crippen LogP contribution is -2.10. The van der Waals surface area contributed by atoms with Gasteiger partial charge in [-0.2, -0.15) is 5.10 Å². The minimum Gasteiger partial charge on any atom is -0.294 e. The second-order valence-electron chi connectivity index (χ2n) is 4.98. The number of benzene rings is 1. The number of ketones is 1. The molecule has 0 spiro atoms. The first kappa shape index (κ1) is 15.9. The van der Waals surface area contributed by atoms with Crippen LogP contribution < -0.4 is 0 Å². The fourth-order valence-corrected chi connectivity index (χ4v) is 2.89. The molecule has 0 aliphatic rings. The number of nitrogens with zero attached hydrogens (tertiary/aromatic N) is 2. The Kier molecular flexibility index (Phi) is 5.28. The van der Waals surface area contributed by atoms with Crippen molar-refractivity contribution in [3.05, 3.63) is 52.0 Å². The largest absolute Gasteiger partial charge is 0.294 e. The first-order chi connectivity index (χ1) is 10.0. The summed E-state index contributed by atoms with van der Waals surface area (Å²) in [6.45, 7) is 4.24. The van der Waals surface area contributed by atoms with Crippen molar-refractivity contribution in [2.75, 3.05) is 0 Å². The summed E-state index contributed by atoms with van der Waals surface area (Å²) in [6, 6.07) is 6.33. The third-order valence-corrected chi connectivity index (χ3v) is 4.21. The molecule has 0 saturated carbocycles. The van der Waals surface area contributed by atoms with E-state index in [2.05, 4.69) is 34.9 Å². The van der Waals surface area contributed by atoms with E-state index in [1.165, 1.54) is 18.2 Å². The minimum atomic E-state index is -0.364. The molecule has 0 unspecified atom stereocenters. The Bertz CT molecular complexity index is 635. The Morgan fingerprint density at radius 1 is 1.33 bits per heavy atom. The topological polar surface area (TPSA) is 34.9 Å². The summed E-state index contributed by atoms with van der Waals surface area (Å²) >= 11 is 3.23. The molecule has 1 aromatic carbocycles. The first-order valence-corrected chi connectivity index (χ1v) is 7.86. The molecule has 0 bridgehead atoms. The number of carbonyl (C=O) groups is 1. The smallest absolute Gasteiger partial charge is 0.170 e. The monoisotopic (exact) mass is 352 g/mol. The van der Waals surface area contributed by atoms with Gasteiger partial charge in [-0.3, -0.25) is 9.48 Å². The number of rotatable bonds is 6. The molecule has 1 heterocycles. The molecular formula is C16H18BrFN2O. The predicted molar refractivity (Wildman–Crippen MR) is 84.0 cm³/mol. The number of carbonyl (C=O) groups excluding carboxylic acids is 1. The van der Waals surface area contributed by atoms with Gasteiger partial charge in [-0.15, -0.1) is 0 Å². The summed E-state index contributed by atoms with van der Waals surface area (Å²) in [5.41, 5.74) is 1.22. The van der Waals surface area contributed by atoms with Crippen LogP contribution in [0.4, 0.5) is 4.39 Å². The standard InChI is InChI=1S/C16H18BrFN2O/c1-3-13(4-2)20-8-7-12(19-20)10-16(21)14-6-5-11(18)9-15(14)17/h5-9,13H,3-4,10H2,1-2H3. The van der Waals surface area contributed by atoms with Crippen molar-refractivity contribution in [1.82, 2.24) is 9.78 Å². The van der Waals surface area contributed by atoms with Crippen molar-refractivity contribution in [1.29, 1.82) is 0 Å². The van der Waals surface area contributed by atoms with E-state index < -0.39 is 0 Å². The third-order valence-electron chi connectivity index (χ3n) is 3.55. The quantitative estimate of drug-likeness (QED) is 0.713. The molecule has 2 rings (SSSR count). The molecule has 0 radical (unpaired) electrons. The molecule has 112 valence electrons. The van der Waals surface area contributed by atoms with Crippen LogP contribution in [0.15, 0.2) is 34.9 Å². The van der Waals surface area contributed by atoms with Crippen molar-refractivity contribution in [3.8, 4) is 0 Å². The van der Waals surface area contributed by atoms with Gasteiger partial charge in [0.25, 0.3) is 0 Å². The summed E-state index contributed by atoms with van der Waals surface area (Å²) in [5, 5.41) is 4.47. The molecule has 0 N–H and O–H groups in total. The Labute approximate surface area is 132 Å². The SMILES string of the molecule is CCC(CC)n1ccc(CC(=O)c2ccc(F)cc2Br)n1. The zero-order valence-electron chi connectivity index (χ0n) is 12.1. The zero-order valence-corrected chi connectivity index (χ0v) is 13.7. The molecule has 0 fully saturated rings. The van der Waals surface area contributed by atoms with Crippen LogP contribution >= 0.6 is 15.9 Å². The third kappa shape index (κ3) is 3.79. The number of hydrogen-bond acceptors (Lipinski definition) is 2. The van der Waals surface area contributed by atoms with Gasteiger partial charge in [0.15, 0.2) is 5.78 Å². The van der Waals surface area contributed by atoms with Crippen LogP contribution in [-0.2, 0) is 6.42 Å². The van der Waals surface area contributed by atoms with Crippen molar-refractivity contribution >= 4 is 21.7 Å². The lowest BCUT2D eigenvalue weighted by atomic mass is 10.1. The lowest BCUT2D eigenvalue weighted by Gasteiger charge is -2.12. The van der Waals surface area contributed by atoms with Gasteiger partial charge in [-0.25, -0.2) is 4.39 Å². The maximum atomic E-state index is 13.1. The van der Waals surface area contributed by atoms with Crippen LogP contribution in [0.2, 0.25) is 0 Å². The maximum absolute atomic E-state index is 13.1. The van der Waals surface area contributed by atoms with E-state index in [-0.39, 0.29) is 18.0 Å². The highest BCUT2D eigenvalue weighted by Gasteiger charge is 2.14. The molecule has 1 aromatic heterocycles. The molecule has 0 aliphatic heterocycles. The Morgan fingerprint density at radius 2 is 2.05 bits per heavy atom. The van der Waals surface area contributed by atoms with Gasteiger partial charge in [-0.05, 0) is 53.0 Å². The summed E-state index contributed by atoms with van der Waals surface area (Å²) in [6.07, 6.45) is 4.15. The molecule has 2 aromatic rings. The van der Waals surface area contributed by atoms with Gasteiger partial charge in [0, 0.05) is 16.2 Å². The van der Waals surface area contributed by atoms with Gasteiger partial charge in [0.2, 0.25) is 0 Å². The van der Waals surface area contributed by atoms with Crippen molar-refractivity contribution in [2.45, 2.75) is 39.2 Å². The lowest BCUT2D eigenvalue weighted by molar-refractivity contribution is 0.0991. The fraction of sp³-hybridized carbons (Fsp3) is 0.375. The number of Topliss-reactive ketones (excluding diaryl/α,β-unsaturated/α-hetero) is 1. The average Bonchev–Trinajstić information content (AvgIpc) is 2.88. The molecule has 5 heteroatoms. The summed E-state index contributed by atoms with van der Waals surface area (Å²) < 4.78 is 15.4. The van der Waals surface area contributed by atoms with Gasteiger partial charge in [0.05, 0.1) is 18.2 Å². The van der Waals surface area contributed by atoms with E-state index in [1.807, 2.05) is 16.9 Å². The van der Waals surface area contributed by atoms with E-state index in [0.717, 1.165) is 18.5 Å². The summed E-state index contributed by atoms with van der Waals surface area (Å²) in [4.78, 5) is 12.3. The van der Waals surface area contributed by atoms with E-state index >= 15 is 0 Å². The summed E-state index contributed by atoms with van der Waals surface area (Å²) in [7, 11) is 0. The van der Waals surface area contributed by atoms with Crippen molar-refractivity contribution in [3.63, 3.8) is 0 Å². The Balaban J connectivity index is 2.13. The molecule has 0 aliphatic carbocycles. The van der Waals surface area contributed by atoms with E-state index in [9.17, 15) is 9.18 Å².